The molecule has 1 atom stereocenters. The maximum atomic E-state index is 12.7. The summed E-state index contributed by atoms with van der Waals surface area (Å²) in [5.74, 6) is -0.103. The van der Waals surface area contributed by atoms with Crippen molar-refractivity contribution in [3.05, 3.63) is 52.8 Å². The number of nitrogens with one attached hydrogen (secondary N) is 3. The average molecular weight is 341 g/mol. The molecule has 1 aliphatic heterocycles. The van der Waals surface area contributed by atoms with E-state index in [4.69, 9.17) is 0 Å². The zero-order valence-corrected chi connectivity index (χ0v) is 15.0. The van der Waals surface area contributed by atoms with Crippen LogP contribution >= 0.6 is 0 Å². The Morgan fingerprint density at radius 3 is 2.76 bits per heavy atom. The van der Waals surface area contributed by atoms with Crippen LogP contribution in [0.2, 0.25) is 0 Å². The molecule has 3 N–H and O–H groups in total. The number of hydrogen-bond donors (Lipinski definition) is 3. The predicted molar refractivity (Wildman–Crippen MR) is 98.4 cm³/mol. The highest BCUT2D eigenvalue weighted by Crippen LogP contribution is 2.20. The molecule has 134 valence electrons. The van der Waals surface area contributed by atoms with Gasteiger partial charge in [-0.2, -0.15) is 5.10 Å². The van der Waals surface area contributed by atoms with Crippen LogP contribution in [-0.2, 0) is 13.0 Å². The molecule has 2 heterocycles. The van der Waals surface area contributed by atoms with E-state index in [2.05, 4.69) is 51.7 Å². The fourth-order valence-electron chi connectivity index (χ4n) is 3.48. The van der Waals surface area contributed by atoms with E-state index >= 15 is 0 Å². The van der Waals surface area contributed by atoms with E-state index < -0.39 is 0 Å². The Kier molecular flexibility index (Phi) is 5.83. The molecule has 0 bridgehead atoms. The number of carbonyl (C=O) groups is 1. The van der Waals surface area contributed by atoms with Crippen LogP contribution in [0, 0.1) is 0 Å². The summed E-state index contributed by atoms with van der Waals surface area (Å²) in [4.78, 5) is 15.0. The second-order valence-electron chi connectivity index (χ2n) is 6.31. The van der Waals surface area contributed by atoms with Crippen molar-refractivity contribution < 1.29 is 4.79 Å². The van der Waals surface area contributed by atoms with Crippen molar-refractivity contribution in [3.63, 3.8) is 0 Å². The molecular weight excluding hydrogens is 314 g/mol. The lowest BCUT2D eigenvalue weighted by Crippen LogP contribution is -2.38. The zero-order valence-electron chi connectivity index (χ0n) is 15.0. The van der Waals surface area contributed by atoms with Crippen LogP contribution in [0.25, 0.3) is 0 Å². The maximum Gasteiger partial charge on any atom is 0.272 e. The monoisotopic (exact) mass is 341 g/mol. The third-order valence-electron chi connectivity index (χ3n) is 4.91. The number of rotatable bonds is 7. The van der Waals surface area contributed by atoms with Crippen molar-refractivity contribution in [3.8, 4) is 0 Å². The van der Waals surface area contributed by atoms with Crippen LogP contribution in [0.15, 0.2) is 30.3 Å². The van der Waals surface area contributed by atoms with E-state index in [1.165, 1.54) is 5.56 Å². The lowest BCUT2D eigenvalue weighted by atomic mass is 10.0. The molecule has 1 unspecified atom stereocenters. The summed E-state index contributed by atoms with van der Waals surface area (Å²) in [6.07, 6.45) is 0.891. The Morgan fingerprint density at radius 2 is 2.04 bits per heavy atom. The molecule has 1 aromatic heterocycles. The van der Waals surface area contributed by atoms with E-state index in [1.54, 1.807) is 0 Å². The molecule has 0 saturated carbocycles. The molecular formula is C19H27N5O. The second kappa shape index (κ2) is 8.27. The number of nitrogens with zero attached hydrogens (tertiary/aromatic N) is 2. The smallest absolute Gasteiger partial charge is 0.272 e. The van der Waals surface area contributed by atoms with E-state index in [1.807, 2.05) is 18.2 Å². The van der Waals surface area contributed by atoms with Gasteiger partial charge >= 0.3 is 0 Å². The molecule has 0 aliphatic carbocycles. The highest BCUT2D eigenvalue weighted by molar-refractivity contribution is 5.94. The summed E-state index contributed by atoms with van der Waals surface area (Å²) < 4.78 is 0. The Morgan fingerprint density at radius 1 is 1.28 bits per heavy atom. The van der Waals surface area contributed by atoms with Crippen LogP contribution in [0.5, 0.6) is 0 Å². The molecule has 1 aliphatic rings. The number of fused-ring (bicyclic) bond motifs is 1. The van der Waals surface area contributed by atoms with Crippen LogP contribution in [-0.4, -0.2) is 47.2 Å². The molecule has 0 radical (unpaired) electrons. The van der Waals surface area contributed by atoms with Crippen molar-refractivity contribution in [1.82, 2.24) is 25.7 Å². The number of H-pyrrole nitrogens is 1. The van der Waals surface area contributed by atoms with Gasteiger partial charge in [-0.3, -0.25) is 14.8 Å². The molecule has 2 aromatic rings. The van der Waals surface area contributed by atoms with Crippen LogP contribution in [0.1, 0.15) is 47.2 Å². The van der Waals surface area contributed by atoms with Crippen LogP contribution in [0.4, 0.5) is 0 Å². The first-order valence-electron chi connectivity index (χ1n) is 9.08. The standard InChI is InChI=1S/C19H27N5O/c1-3-24(4-2)17(14-8-6-5-7-9-14)13-21-19(25)18-15-12-20-11-10-16(15)22-23-18/h5-9,17,20H,3-4,10-13H2,1-2H3,(H,21,25)(H,22,23). The number of aromatic amines is 1. The molecule has 3 rings (SSSR count). The number of hydrogen-bond acceptors (Lipinski definition) is 4. The van der Waals surface area contributed by atoms with E-state index in [0.29, 0.717) is 18.8 Å². The molecule has 0 spiro atoms. The normalized spacial score (nSPS) is 15.0. The highest BCUT2D eigenvalue weighted by atomic mass is 16.1. The predicted octanol–water partition coefficient (Wildman–Crippen LogP) is 1.87. The Balaban J connectivity index is 1.72. The minimum atomic E-state index is -0.103. The Bertz CT molecular complexity index is 693. The summed E-state index contributed by atoms with van der Waals surface area (Å²) in [5.41, 5.74) is 3.82. The molecule has 6 heteroatoms. The minimum Gasteiger partial charge on any atom is -0.349 e. The van der Waals surface area contributed by atoms with E-state index in [-0.39, 0.29) is 11.9 Å². The SMILES string of the molecule is CCN(CC)C(CNC(=O)c1n[nH]c2c1CNCC2)c1ccccc1. The molecule has 25 heavy (non-hydrogen) atoms. The molecule has 1 amide bonds. The fraction of sp³-hybridized carbons (Fsp3) is 0.474. The van der Waals surface area contributed by atoms with Gasteiger partial charge in [0.15, 0.2) is 5.69 Å². The first-order valence-corrected chi connectivity index (χ1v) is 9.08. The van der Waals surface area contributed by atoms with Gasteiger partial charge in [0.25, 0.3) is 5.91 Å². The molecule has 1 aromatic carbocycles. The quantitative estimate of drug-likeness (QED) is 0.719. The summed E-state index contributed by atoms with van der Waals surface area (Å²) in [6, 6.07) is 10.5. The van der Waals surface area contributed by atoms with Crippen LogP contribution in [0.3, 0.4) is 0 Å². The largest absolute Gasteiger partial charge is 0.349 e. The van der Waals surface area contributed by atoms with Gasteiger partial charge < -0.3 is 10.6 Å². The maximum absolute atomic E-state index is 12.7. The molecule has 6 nitrogen and oxygen atoms in total. The van der Waals surface area contributed by atoms with Crippen molar-refractivity contribution >= 4 is 5.91 Å². The number of likely N-dealkylation sites (N-methyl/N-ethyl adjacent to an activating group) is 1. The first-order chi connectivity index (χ1) is 12.2. The van der Waals surface area contributed by atoms with Crippen molar-refractivity contribution in [2.45, 2.75) is 32.9 Å². The summed E-state index contributed by atoms with van der Waals surface area (Å²) in [6.45, 7) is 8.37. The fourth-order valence-corrected chi connectivity index (χ4v) is 3.48. The van der Waals surface area contributed by atoms with Crippen molar-refractivity contribution in [1.29, 1.82) is 0 Å². The average Bonchev–Trinajstić information content (AvgIpc) is 3.10. The number of aromatic nitrogens is 2. The highest BCUT2D eigenvalue weighted by Gasteiger charge is 2.23. The topological polar surface area (TPSA) is 73.0 Å². The Labute approximate surface area is 149 Å². The third-order valence-corrected chi connectivity index (χ3v) is 4.91. The van der Waals surface area contributed by atoms with Gasteiger partial charge in [0, 0.05) is 37.3 Å². The second-order valence-corrected chi connectivity index (χ2v) is 6.31. The lowest BCUT2D eigenvalue weighted by molar-refractivity contribution is 0.0928. The van der Waals surface area contributed by atoms with Gasteiger partial charge in [-0.05, 0) is 18.7 Å². The van der Waals surface area contributed by atoms with Crippen LogP contribution < -0.4 is 10.6 Å². The molecule has 0 saturated heterocycles. The summed E-state index contributed by atoms with van der Waals surface area (Å²) in [5, 5.41) is 13.6. The van der Waals surface area contributed by atoms with Gasteiger partial charge in [-0.1, -0.05) is 44.2 Å². The number of carbonyl (C=O) groups excluding carboxylic acids is 1. The van der Waals surface area contributed by atoms with Gasteiger partial charge in [0.2, 0.25) is 0 Å². The summed E-state index contributed by atoms with van der Waals surface area (Å²) >= 11 is 0. The van der Waals surface area contributed by atoms with Gasteiger partial charge in [0.1, 0.15) is 0 Å². The number of benzene rings is 1. The number of amides is 1. The third kappa shape index (κ3) is 3.91. The van der Waals surface area contributed by atoms with Gasteiger partial charge in [-0.25, -0.2) is 0 Å². The van der Waals surface area contributed by atoms with E-state index in [9.17, 15) is 4.79 Å². The van der Waals surface area contributed by atoms with E-state index in [0.717, 1.165) is 37.3 Å². The zero-order chi connectivity index (χ0) is 17.6. The van der Waals surface area contributed by atoms with Gasteiger partial charge in [0.05, 0.1) is 6.04 Å². The minimum absolute atomic E-state index is 0.103. The Hall–Kier alpha value is -2.18. The summed E-state index contributed by atoms with van der Waals surface area (Å²) in [7, 11) is 0. The van der Waals surface area contributed by atoms with Crippen molar-refractivity contribution in [2.24, 2.45) is 0 Å². The van der Waals surface area contributed by atoms with Crippen molar-refractivity contribution in [2.75, 3.05) is 26.2 Å². The van der Waals surface area contributed by atoms with Gasteiger partial charge in [-0.15, -0.1) is 0 Å². The lowest BCUT2D eigenvalue weighted by Gasteiger charge is -2.30. The first kappa shape index (κ1) is 17.6. The molecule has 0 fully saturated rings.